The van der Waals surface area contributed by atoms with Crippen molar-refractivity contribution in [1.82, 2.24) is 4.98 Å². The molecule has 2 aromatic heterocycles. The monoisotopic (exact) mass is 359 g/mol. The molecule has 1 aromatic carbocycles. The lowest BCUT2D eigenvalue weighted by Gasteiger charge is -2.10. The summed E-state index contributed by atoms with van der Waals surface area (Å²) >= 11 is 5.87. The Balaban J connectivity index is 1.94. The molecule has 0 radical (unpaired) electrons. The number of hydrogen-bond donors (Lipinski definition) is 1. The van der Waals surface area contributed by atoms with Gasteiger partial charge >= 0.3 is 11.6 Å². The molecule has 3 rings (SSSR count). The summed E-state index contributed by atoms with van der Waals surface area (Å²) in [4.78, 5) is 27.7. The Labute approximate surface area is 147 Å². The second-order valence-electron chi connectivity index (χ2n) is 5.34. The number of phenols is 1. The molecular formula is C18H14ClNO5. The van der Waals surface area contributed by atoms with Gasteiger partial charge in [0, 0.05) is 29.3 Å². The van der Waals surface area contributed by atoms with Gasteiger partial charge < -0.3 is 14.3 Å². The van der Waals surface area contributed by atoms with E-state index in [4.69, 9.17) is 20.8 Å². The van der Waals surface area contributed by atoms with Crippen LogP contribution in [-0.2, 0) is 17.8 Å². The van der Waals surface area contributed by atoms with Crippen LogP contribution in [-0.4, -0.2) is 16.1 Å². The zero-order chi connectivity index (χ0) is 18.0. The minimum Gasteiger partial charge on any atom is -0.508 e. The number of fused-ring (bicyclic) bond motifs is 1. The van der Waals surface area contributed by atoms with E-state index in [9.17, 15) is 14.7 Å². The first-order chi connectivity index (χ1) is 12.0. The first kappa shape index (κ1) is 17.0. The predicted molar refractivity (Wildman–Crippen MR) is 91.9 cm³/mol. The highest BCUT2D eigenvalue weighted by Crippen LogP contribution is 2.27. The molecule has 6 nitrogen and oxygen atoms in total. The van der Waals surface area contributed by atoms with Crippen LogP contribution in [0.1, 0.15) is 28.4 Å². The van der Waals surface area contributed by atoms with E-state index in [0.29, 0.717) is 22.9 Å². The summed E-state index contributed by atoms with van der Waals surface area (Å²) in [5.74, 6) is -0.594. The van der Waals surface area contributed by atoms with E-state index >= 15 is 0 Å². The Morgan fingerprint density at radius 1 is 1.32 bits per heavy atom. The Morgan fingerprint density at radius 2 is 2.12 bits per heavy atom. The molecule has 25 heavy (non-hydrogen) atoms. The van der Waals surface area contributed by atoms with E-state index < -0.39 is 11.6 Å². The first-order valence-electron chi connectivity index (χ1n) is 7.56. The van der Waals surface area contributed by atoms with Gasteiger partial charge in [-0.15, -0.1) is 0 Å². The number of carbonyl (C=O) groups excluding carboxylic acids is 1. The second kappa shape index (κ2) is 6.94. The molecule has 3 aromatic rings. The standard InChI is InChI=1S/C18H14ClNO5/c1-2-10-6-13-11(7-16(22)25-15(13)8-14(10)21)9-24-18(23)12-4-3-5-20-17(12)19/h3-8,21H,2,9H2,1H3. The highest BCUT2D eigenvalue weighted by molar-refractivity contribution is 6.32. The minimum atomic E-state index is -0.644. The molecule has 0 bridgehead atoms. The predicted octanol–water partition coefficient (Wildman–Crippen LogP) is 3.47. The van der Waals surface area contributed by atoms with Crippen molar-refractivity contribution in [2.45, 2.75) is 20.0 Å². The van der Waals surface area contributed by atoms with Crippen molar-refractivity contribution in [3.8, 4) is 5.75 Å². The van der Waals surface area contributed by atoms with E-state index in [1.54, 1.807) is 12.1 Å². The van der Waals surface area contributed by atoms with E-state index in [-0.39, 0.29) is 28.7 Å². The number of aryl methyl sites for hydroxylation is 1. The third kappa shape index (κ3) is 3.49. The quantitative estimate of drug-likeness (QED) is 0.436. The van der Waals surface area contributed by atoms with Crippen LogP contribution in [0, 0.1) is 0 Å². The molecule has 0 amide bonds. The number of rotatable bonds is 4. The van der Waals surface area contributed by atoms with Gasteiger partial charge in [0.2, 0.25) is 0 Å². The normalized spacial score (nSPS) is 10.8. The maximum Gasteiger partial charge on any atom is 0.341 e. The molecule has 0 atom stereocenters. The number of esters is 1. The molecule has 0 saturated carbocycles. The number of aromatic nitrogens is 1. The molecule has 0 aliphatic rings. The van der Waals surface area contributed by atoms with Gasteiger partial charge in [-0.3, -0.25) is 0 Å². The highest BCUT2D eigenvalue weighted by atomic mass is 35.5. The van der Waals surface area contributed by atoms with Crippen LogP contribution in [0.25, 0.3) is 11.0 Å². The number of hydrogen-bond acceptors (Lipinski definition) is 6. The smallest absolute Gasteiger partial charge is 0.341 e. The molecule has 0 spiro atoms. The number of ether oxygens (including phenoxy) is 1. The SMILES string of the molecule is CCc1cc2c(COC(=O)c3cccnc3Cl)cc(=O)oc2cc1O. The third-order valence-corrected chi connectivity index (χ3v) is 4.05. The van der Waals surface area contributed by atoms with Crippen molar-refractivity contribution in [3.63, 3.8) is 0 Å². The van der Waals surface area contributed by atoms with Gasteiger partial charge in [0.1, 0.15) is 23.1 Å². The van der Waals surface area contributed by atoms with Gasteiger partial charge in [-0.1, -0.05) is 18.5 Å². The first-order valence-corrected chi connectivity index (χ1v) is 7.93. The number of carbonyl (C=O) groups is 1. The summed E-state index contributed by atoms with van der Waals surface area (Å²) in [6.07, 6.45) is 2.07. The average molecular weight is 360 g/mol. The van der Waals surface area contributed by atoms with Gasteiger partial charge in [-0.2, -0.15) is 0 Å². The molecule has 1 N–H and O–H groups in total. The lowest BCUT2D eigenvalue weighted by Crippen LogP contribution is -2.09. The average Bonchev–Trinajstić information content (AvgIpc) is 2.59. The number of aromatic hydroxyl groups is 1. The zero-order valence-electron chi connectivity index (χ0n) is 13.3. The molecule has 0 aliphatic carbocycles. The molecule has 128 valence electrons. The van der Waals surface area contributed by atoms with Crippen molar-refractivity contribution in [2.24, 2.45) is 0 Å². The van der Waals surface area contributed by atoms with Crippen LogP contribution in [0.3, 0.4) is 0 Å². The van der Waals surface area contributed by atoms with Gasteiger partial charge in [0.05, 0.1) is 5.56 Å². The number of phenolic OH excluding ortho intramolecular Hbond substituents is 1. The molecule has 0 saturated heterocycles. The van der Waals surface area contributed by atoms with Crippen LogP contribution in [0.4, 0.5) is 0 Å². The maximum atomic E-state index is 12.1. The van der Waals surface area contributed by atoms with Gasteiger partial charge in [0.15, 0.2) is 0 Å². The van der Waals surface area contributed by atoms with Crippen molar-refractivity contribution in [1.29, 1.82) is 0 Å². The van der Waals surface area contributed by atoms with Crippen LogP contribution >= 0.6 is 11.6 Å². The highest BCUT2D eigenvalue weighted by Gasteiger charge is 2.15. The van der Waals surface area contributed by atoms with Crippen molar-refractivity contribution in [2.75, 3.05) is 0 Å². The topological polar surface area (TPSA) is 89.6 Å². The molecule has 2 heterocycles. The largest absolute Gasteiger partial charge is 0.508 e. The van der Waals surface area contributed by atoms with Crippen LogP contribution < -0.4 is 5.63 Å². The number of benzene rings is 1. The number of pyridine rings is 1. The molecule has 0 aliphatic heterocycles. The lowest BCUT2D eigenvalue weighted by molar-refractivity contribution is 0.0473. The van der Waals surface area contributed by atoms with Crippen LogP contribution in [0.15, 0.2) is 45.7 Å². The Bertz CT molecular complexity index is 1010. The zero-order valence-corrected chi connectivity index (χ0v) is 14.0. The summed E-state index contributed by atoms with van der Waals surface area (Å²) in [7, 11) is 0. The second-order valence-corrected chi connectivity index (χ2v) is 5.70. The number of halogens is 1. The Hall–Kier alpha value is -2.86. The van der Waals surface area contributed by atoms with Crippen molar-refractivity contribution in [3.05, 3.63) is 68.8 Å². The molecule has 7 heteroatoms. The maximum absolute atomic E-state index is 12.1. The fourth-order valence-corrected chi connectivity index (χ4v) is 2.67. The third-order valence-electron chi connectivity index (χ3n) is 3.75. The summed E-state index contributed by atoms with van der Waals surface area (Å²) in [6, 6.07) is 7.44. The van der Waals surface area contributed by atoms with Crippen LogP contribution in [0.2, 0.25) is 5.15 Å². The van der Waals surface area contributed by atoms with Gasteiger partial charge in [0.25, 0.3) is 0 Å². The van der Waals surface area contributed by atoms with E-state index in [1.807, 2.05) is 6.92 Å². The van der Waals surface area contributed by atoms with Gasteiger partial charge in [-0.25, -0.2) is 14.6 Å². The lowest BCUT2D eigenvalue weighted by atomic mass is 10.0. The summed E-state index contributed by atoms with van der Waals surface area (Å²) in [5, 5.41) is 10.6. The van der Waals surface area contributed by atoms with Crippen molar-refractivity contribution >= 4 is 28.5 Å². The summed E-state index contributed by atoms with van der Waals surface area (Å²) < 4.78 is 10.4. The molecular weight excluding hydrogens is 346 g/mol. The molecule has 0 fully saturated rings. The number of nitrogens with zero attached hydrogens (tertiary/aromatic N) is 1. The Kier molecular flexibility index (Phi) is 4.72. The van der Waals surface area contributed by atoms with E-state index in [0.717, 1.165) is 0 Å². The van der Waals surface area contributed by atoms with E-state index in [1.165, 1.54) is 24.4 Å². The van der Waals surface area contributed by atoms with Crippen molar-refractivity contribution < 1.29 is 19.1 Å². The summed E-state index contributed by atoms with van der Waals surface area (Å²) in [6.45, 7) is 1.75. The molecule has 0 unspecified atom stereocenters. The Morgan fingerprint density at radius 3 is 2.84 bits per heavy atom. The van der Waals surface area contributed by atoms with Gasteiger partial charge in [-0.05, 0) is 30.2 Å². The summed E-state index contributed by atoms with van der Waals surface area (Å²) in [5.41, 5.74) is 0.955. The minimum absolute atomic E-state index is 0.0446. The van der Waals surface area contributed by atoms with Crippen LogP contribution in [0.5, 0.6) is 5.75 Å². The van der Waals surface area contributed by atoms with E-state index in [2.05, 4.69) is 4.98 Å². The fraction of sp³-hybridized carbons (Fsp3) is 0.167. The fourth-order valence-electron chi connectivity index (χ4n) is 2.47.